The zero-order chi connectivity index (χ0) is 12.3. The van der Waals surface area contributed by atoms with E-state index in [2.05, 4.69) is 47.9 Å². The van der Waals surface area contributed by atoms with Crippen molar-refractivity contribution in [3.8, 4) is 0 Å². The molecule has 0 aromatic heterocycles. The zero-order valence-electron chi connectivity index (χ0n) is 10.9. The minimum atomic E-state index is 0.624. The van der Waals surface area contributed by atoms with Crippen LogP contribution in [0.15, 0.2) is 24.3 Å². The molecule has 1 aromatic rings. The monoisotopic (exact) mass is 233 g/mol. The minimum Gasteiger partial charge on any atom is -0.368 e. The Kier molecular flexibility index (Phi) is 4.02. The Bertz CT molecular complexity index is 364. The normalized spacial score (nSPS) is 21.8. The molecule has 1 atom stereocenters. The number of likely N-dealkylation sites (N-methyl/N-ethyl adjacent to an activating group) is 1. The number of nitrogens with zero attached hydrogens (tertiary/aromatic N) is 2. The fraction of sp³-hybridized carbons (Fsp3) is 0.571. The third kappa shape index (κ3) is 2.61. The summed E-state index contributed by atoms with van der Waals surface area (Å²) < 4.78 is 0. The largest absolute Gasteiger partial charge is 0.368 e. The Morgan fingerprint density at radius 2 is 2.06 bits per heavy atom. The minimum absolute atomic E-state index is 0.624. The van der Waals surface area contributed by atoms with Gasteiger partial charge < -0.3 is 10.6 Å². The van der Waals surface area contributed by atoms with Gasteiger partial charge in [0, 0.05) is 37.9 Å². The van der Waals surface area contributed by atoms with Crippen LogP contribution in [0.2, 0.25) is 0 Å². The van der Waals surface area contributed by atoms with Crippen molar-refractivity contribution in [2.24, 2.45) is 5.73 Å². The highest BCUT2D eigenvalue weighted by Crippen LogP contribution is 2.23. The van der Waals surface area contributed by atoms with Crippen LogP contribution in [0.5, 0.6) is 0 Å². The highest BCUT2D eigenvalue weighted by atomic mass is 15.3. The number of benzene rings is 1. The highest BCUT2D eigenvalue weighted by Gasteiger charge is 2.23. The van der Waals surface area contributed by atoms with Crippen molar-refractivity contribution in [3.63, 3.8) is 0 Å². The molecule has 1 heterocycles. The van der Waals surface area contributed by atoms with Gasteiger partial charge in [-0.3, -0.25) is 4.90 Å². The molecule has 1 fully saturated rings. The van der Waals surface area contributed by atoms with Gasteiger partial charge in [0.1, 0.15) is 0 Å². The molecule has 0 radical (unpaired) electrons. The van der Waals surface area contributed by atoms with E-state index >= 15 is 0 Å². The first kappa shape index (κ1) is 12.4. The highest BCUT2D eigenvalue weighted by molar-refractivity contribution is 5.54. The van der Waals surface area contributed by atoms with Crippen molar-refractivity contribution < 1.29 is 0 Å². The maximum atomic E-state index is 5.81. The molecule has 0 amide bonds. The number of hydrogen-bond donors (Lipinski definition) is 1. The van der Waals surface area contributed by atoms with Crippen molar-refractivity contribution in [2.75, 3.05) is 31.1 Å². The quantitative estimate of drug-likeness (QED) is 0.862. The summed E-state index contributed by atoms with van der Waals surface area (Å²) in [5.41, 5.74) is 8.38. The summed E-state index contributed by atoms with van der Waals surface area (Å²) in [5, 5.41) is 0. The number of nitrogens with two attached hydrogens (primary N) is 1. The Morgan fingerprint density at radius 3 is 2.71 bits per heavy atom. The summed E-state index contributed by atoms with van der Waals surface area (Å²) in [4.78, 5) is 5.00. The van der Waals surface area contributed by atoms with Gasteiger partial charge in [0.05, 0.1) is 0 Å². The van der Waals surface area contributed by atoms with Crippen LogP contribution in [0.1, 0.15) is 19.4 Å². The van der Waals surface area contributed by atoms with Crippen molar-refractivity contribution in [2.45, 2.75) is 26.4 Å². The van der Waals surface area contributed by atoms with Gasteiger partial charge in [-0.25, -0.2) is 0 Å². The summed E-state index contributed by atoms with van der Waals surface area (Å²) in [6.45, 7) is 9.67. The van der Waals surface area contributed by atoms with E-state index < -0.39 is 0 Å². The number of rotatable bonds is 3. The van der Waals surface area contributed by atoms with E-state index in [-0.39, 0.29) is 0 Å². The number of piperazine rings is 1. The molecule has 2 N–H and O–H groups in total. The van der Waals surface area contributed by atoms with Crippen molar-refractivity contribution in [3.05, 3.63) is 29.8 Å². The standard InChI is InChI=1S/C14H23N3/c1-3-16-8-9-17(11-12(16)2)14-7-5-4-6-13(14)10-15/h4-7,12H,3,8-11,15H2,1-2H3. The molecule has 0 spiro atoms. The Balaban J connectivity index is 2.13. The van der Waals surface area contributed by atoms with Crippen LogP contribution in [0.4, 0.5) is 5.69 Å². The molecule has 2 rings (SSSR count). The van der Waals surface area contributed by atoms with Gasteiger partial charge in [-0.15, -0.1) is 0 Å². The molecule has 1 aliphatic rings. The molecule has 0 bridgehead atoms. The van der Waals surface area contributed by atoms with Gasteiger partial charge in [-0.2, -0.15) is 0 Å². The van der Waals surface area contributed by atoms with Crippen LogP contribution in [0.25, 0.3) is 0 Å². The lowest BCUT2D eigenvalue weighted by atomic mass is 10.1. The second kappa shape index (κ2) is 5.52. The number of anilines is 1. The first-order valence-corrected chi connectivity index (χ1v) is 6.53. The zero-order valence-corrected chi connectivity index (χ0v) is 10.9. The van der Waals surface area contributed by atoms with E-state index in [0.29, 0.717) is 12.6 Å². The second-order valence-electron chi connectivity index (χ2n) is 4.76. The lowest BCUT2D eigenvalue weighted by Gasteiger charge is -2.41. The second-order valence-corrected chi connectivity index (χ2v) is 4.76. The van der Waals surface area contributed by atoms with Crippen LogP contribution in [0.3, 0.4) is 0 Å². The van der Waals surface area contributed by atoms with Crippen molar-refractivity contribution in [1.29, 1.82) is 0 Å². The maximum Gasteiger partial charge on any atom is 0.0412 e. The number of para-hydroxylation sites is 1. The van der Waals surface area contributed by atoms with Crippen LogP contribution >= 0.6 is 0 Å². The lowest BCUT2D eigenvalue weighted by molar-refractivity contribution is 0.199. The fourth-order valence-electron chi connectivity index (χ4n) is 2.68. The van der Waals surface area contributed by atoms with E-state index in [9.17, 15) is 0 Å². The third-order valence-electron chi connectivity index (χ3n) is 3.72. The summed E-state index contributed by atoms with van der Waals surface area (Å²) in [5.74, 6) is 0. The summed E-state index contributed by atoms with van der Waals surface area (Å²) in [6.07, 6.45) is 0. The van der Waals surface area contributed by atoms with Gasteiger partial charge >= 0.3 is 0 Å². The Labute approximate surface area is 104 Å². The predicted molar refractivity (Wildman–Crippen MR) is 73.3 cm³/mol. The van der Waals surface area contributed by atoms with Gasteiger partial charge in [-0.05, 0) is 25.1 Å². The molecular formula is C14H23N3. The molecule has 0 aliphatic carbocycles. The first-order valence-electron chi connectivity index (χ1n) is 6.53. The van der Waals surface area contributed by atoms with Gasteiger partial charge in [-0.1, -0.05) is 25.1 Å². The van der Waals surface area contributed by atoms with Crippen LogP contribution < -0.4 is 10.6 Å². The van der Waals surface area contributed by atoms with Gasteiger partial charge in [0.15, 0.2) is 0 Å². The van der Waals surface area contributed by atoms with E-state index in [1.165, 1.54) is 11.3 Å². The molecule has 1 aliphatic heterocycles. The van der Waals surface area contributed by atoms with E-state index in [4.69, 9.17) is 5.73 Å². The average Bonchev–Trinajstić information content (AvgIpc) is 2.38. The summed E-state index contributed by atoms with van der Waals surface area (Å²) >= 11 is 0. The molecule has 17 heavy (non-hydrogen) atoms. The fourth-order valence-corrected chi connectivity index (χ4v) is 2.68. The van der Waals surface area contributed by atoms with Crippen LogP contribution in [-0.2, 0) is 6.54 Å². The molecule has 3 nitrogen and oxygen atoms in total. The van der Waals surface area contributed by atoms with E-state index in [1.54, 1.807) is 0 Å². The molecule has 3 heteroatoms. The van der Waals surface area contributed by atoms with Gasteiger partial charge in [0.25, 0.3) is 0 Å². The Hall–Kier alpha value is -1.06. The van der Waals surface area contributed by atoms with E-state index in [1.807, 2.05) is 0 Å². The molecular weight excluding hydrogens is 210 g/mol. The third-order valence-corrected chi connectivity index (χ3v) is 3.72. The topological polar surface area (TPSA) is 32.5 Å². The summed E-state index contributed by atoms with van der Waals surface area (Å²) in [6, 6.07) is 9.12. The molecule has 1 unspecified atom stereocenters. The summed E-state index contributed by atoms with van der Waals surface area (Å²) in [7, 11) is 0. The molecule has 1 aromatic carbocycles. The SMILES string of the molecule is CCN1CCN(c2ccccc2CN)CC1C. The van der Waals surface area contributed by atoms with E-state index in [0.717, 1.165) is 26.2 Å². The average molecular weight is 233 g/mol. The lowest BCUT2D eigenvalue weighted by Crippen LogP contribution is -2.52. The smallest absolute Gasteiger partial charge is 0.0412 e. The number of hydrogen-bond acceptors (Lipinski definition) is 3. The molecule has 1 saturated heterocycles. The molecule has 94 valence electrons. The predicted octanol–water partition coefficient (Wildman–Crippen LogP) is 1.68. The van der Waals surface area contributed by atoms with Crippen molar-refractivity contribution in [1.82, 2.24) is 4.90 Å². The van der Waals surface area contributed by atoms with Crippen LogP contribution in [0, 0.1) is 0 Å². The first-order chi connectivity index (χ1) is 8.26. The van der Waals surface area contributed by atoms with Crippen molar-refractivity contribution >= 4 is 5.69 Å². The Morgan fingerprint density at radius 1 is 1.29 bits per heavy atom. The van der Waals surface area contributed by atoms with Gasteiger partial charge in [0.2, 0.25) is 0 Å². The maximum absolute atomic E-state index is 5.81. The molecule has 0 saturated carbocycles. The van der Waals surface area contributed by atoms with Crippen LogP contribution in [-0.4, -0.2) is 37.1 Å².